The van der Waals surface area contributed by atoms with Crippen molar-refractivity contribution in [2.45, 2.75) is 19.4 Å². The van der Waals surface area contributed by atoms with Gasteiger partial charge in [-0.2, -0.15) is 0 Å². The first-order valence-corrected chi connectivity index (χ1v) is 4.81. The molecule has 0 bridgehead atoms. The molecule has 0 aromatic carbocycles. The fourth-order valence-electron chi connectivity index (χ4n) is 1.11. The number of pyridine rings is 1. The van der Waals surface area contributed by atoms with Crippen LogP contribution in [0.2, 0.25) is 0 Å². The first-order valence-electron chi connectivity index (χ1n) is 4.81. The predicted molar refractivity (Wildman–Crippen MR) is 62.0 cm³/mol. The number of rotatable bonds is 4. The van der Waals surface area contributed by atoms with Crippen molar-refractivity contribution in [3.05, 3.63) is 17.8 Å². The van der Waals surface area contributed by atoms with Crippen LogP contribution in [0.15, 0.2) is 12.3 Å². The molecular weight excluding hydrogens is 208 g/mol. The molecular formula is C10H16N4O2. The van der Waals surface area contributed by atoms with E-state index in [1.165, 1.54) is 12.3 Å². The van der Waals surface area contributed by atoms with Crippen LogP contribution >= 0.6 is 0 Å². The number of nitrogens with two attached hydrogens (primary N) is 2. The summed E-state index contributed by atoms with van der Waals surface area (Å²) < 4.78 is 0. The Morgan fingerprint density at radius 3 is 2.75 bits per heavy atom. The molecule has 0 saturated heterocycles. The number of nitrogens with one attached hydrogen (secondary N) is 1. The summed E-state index contributed by atoms with van der Waals surface area (Å²) in [5, 5.41) is 12.4. The minimum Gasteiger partial charge on any atom is -0.397 e. The molecule has 0 aliphatic carbocycles. The van der Waals surface area contributed by atoms with Crippen LogP contribution in [0, 0.1) is 0 Å². The van der Waals surface area contributed by atoms with E-state index in [2.05, 4.69) is 10.3 Å². The fraction of sp³-hybridized carbons (Fsp3) is 0.400. The predicted octanol–water partition coefficient (Wildman–Crippen LogP) is -0.0545. The normalized spacial score (nSPS) is 11.2. The highest BCUT2D eigenvalue weighted by molar-refractivity contribution is 5.98. The van der Waals surface area contributed by atoms with Crippen LogP contribution in [-0.2, 0) is 0 Å². The summed E-state index contributed by atoms with van der Waals surface area (Å²) in [6.07, 6.45) is 1.42. The first-order chi connectivity index (χ1) is 7.29. The van der Waals surface area contributed by atoms with Crippen molar-refractivity contribution in [2.24, 2.45) is 5.73 Å². The summed E-state index contributed by atoms with van der Waals surface area (Å²) in [6, 6.07) is 1.45. The third kappa shape index (κ3) is 3.39. The quantitative estimate of drug-likeness (QED) is 0.572. The van der Waals surface area contributed by atoms with Gasteiger partial charge >= 0.3 is 0 Å². The molecule has 0 spiro atoms. The Kier molecular flexibility index (Phi) is 3.34. The lowest BCUT2D eigenvalue weighted by Crippen LogP contribution is -2.30. The minimum atomic E-state index is -0.905. The number of primary amides is 1. The Morgan fingerprint density at radius 2 is 2.25 bits per heavy atom. The Bertz CT molecular complexity index is 398. The number of carbonyl (C=O) groups is 1. The largest absolute Gasteiger partial charge is 0.397 e. The van der Waals surface area contributed by atoms with Crippen molar-refractivity contribution in [1.29, 1.82) is 0 Å². The Morgan fingerprint density at radius 1 is 1.62 bits per heavy atom. The van der Waals surface area contributed by atoms with Crippen LogP contribution in [0.1, 0.15) is 24.2 Å². The Hall–Kier alpha value is -1.82. The first kappa shape index (κ1) is 12.3. The molecule has 6 N–H and O–H groups in total. The number of aromatic nitrogens is 1. The van der Waals surface area contributed by atoms with E-state index in [1.807, 2.05) is 0 Å². The van der Waals surface area contributed by atoms with E-state index >= 15 is 0 Å². The minimum absolute atomic E-state index is 0.212. The third-order valence-corrected chi connectivity index (χ3v) is 1.86. The van der Waals surface area contributed by atoms with E-state index in [0.717, 1.165) is 0 Å². The number of nitrogen functional groups attached to an aromatic ring is 1. The summed E-state index contributed by atoms with van der Waals surface area (Å²) >= 11 is 0. The van der Waals surface area contributed by atoms with Crippen molar-refractivity contribution in [3.8, 4) is 0 Å². The lowest BCUT2D eigenvalue weighted by atomic mass is 10.1. The average molecular weight is 224 g/mol. The van der Waals surface area contributed by atoms with Crippen LogP contribution in [0.25, 0.3) is 0 Å². The Labute approximate surface area is 93.7 Å². The number of hydrogen-bond donors (Lipinski definition) is 4. The van der Waals surface area contributed by atoms with E-state index < -0.39 is 11.5 Å². The van der Waals surface area contributed by atoms with Gasteiger partial charge in [-0.3, -0.25) is 4.79 Å². The van der Waals surface area contributed by atoms with Crippen LogP contribution in [0.5, 0.6) is 0 Å². The van der Waals surface area contributed by atoms with E-state index in [9.17, 15) is 9.90 Å². The number of amides is 1. The van der Waals surface area contributed by atoms with Crippen LogP contribution in [-0.4, -0.2) is 28.1 Å². The molecule has 1 aromatic rings. The Balaban J connectivity index is 2.91. The van der Waals surface area contributed by atoms with E-state index in [0.29, 0.717) is 11.5 Å². The molecule has 0 atom stereocenters. The summed E-state index contributed by atoms with van der Waals surface area (Å²) in [6.45, 7) is 3.53. The summed E-state index contributed by atoms with van der Waals surface area (Å²) in [7, 11) is 0. The lowest BCUT2D eigenvalue weighted by Gasteiger charge is -2.19. The number of anilines is 2. The average Bonchev–Trinajstić information content (AvgIpc) is 2.14. The van der Waals surface area contributed by atoms with Crippen LogP contribution in [0.3, 0.4) is 0 Å². The molecule has 1 rings (SSSR count). The molecule has 6 nitrogen and oxygen atoms in total. The second-order valence-corrected chi connectivity index (χ2v) is 4.20. The van der Waals surface area contributed by atoms with Gasteiger partial charge in [-0.25, -0.2) is 4.98 Å². The van der Waals surface area contributed by atoms with Crippen molar-refractivity contribution in [1.82, 2.24) is 4.98 Å². The highest BCUT2D eigenvalue weighted by Gasteiger charge is 2.15. The maximum absolute atomic E-state index is 11.1. The maximum Gasteiger partial charge on any atom is 0.252 e. The molecule has 0 fully saturated rings. The molecule has 0 unspecified atom stereocenters. The van der Waals surface area contributed by atoms with Gasteiger partial charge in [0.2, 0.25) is 0 Å². The fourth-order valence-corrected chi connectivity index (χ4v) is 1.11. The number of carbonyl (C=O) groups excluding carboxylic acids is 1. The van der Waals surface area contributed by atoms with Gasteiger partial charge in [0.1, 0.15) is 5.82 Å². The van der Waals surface area contributed by atoms with Gasteiger partial charge in [-0.15, -0.1) is 0 Å². The molecule has 1 aromatic heterocycles. The van der Waals surface area contributed by atoms with Gasteiger partial charge in [0.05, 0.1) is 23.0 Å². The van der Waals surface area contributed by atoms with E-state index in [-0.39, 0.29) is 12.1 Å². The van der Waals surface area contributed by atoms with Gasteiger partial charge in [-0.05, 0) is 19.9 Å². The highest BCUT2D eigenvalue weighted by Crippen LogP contribution is 2.15. The monoisotopic (exact) mass is 224 g/mol. The number of aliphatic hydroxyl groups is 1. The second-order valence-electron chi connectivity index (χ2n) is 4.20. The molecule has 0 aliphatic heterocycles. The molecule has 0 radical (unpaired) electrons. The number of hydrogen-bond acceptors (Lipinski definition) is 5. The molecule has 0 aliphatic rings. The zero-order valence-electron chi connectivity index (χ0n) is 9.32. The highest BCUT2D eigenvalue weighted by atomic mass is 16.3. The molecule has 16 heavy (non-hydrogen) atoms. The van der Waals surface area contributed by atoms with Crippen molar-refractivity contribution >= 4 is 17.4 Å². The van der Waals surface area contributed by atoms with Crippen LogP contribution in [0.4, 0.5) is 11.5 Å². The van der Waals surface area contributed by atoms with Crippen molar-refractivity contribution in [2.75, 3.05) is 17.6 Å². The number of nitrogens with zero attached hydrogens (tertiary/aromatic N) is 1. The van der Waals surface area contributed by atoms with Gasteiger partial charge < -0.3 is 21.9 Å². The van der Waals surface area contributed by atoms with Crippen molar-refractivity contribution < 1.29 is 9.90 Å². The smallest absolute Gasteiger partial charge is 0.252 e. The summed E-state index contributed by atoms with van der Waals surface area (Å²) in [5.74, 6) is -0.290. The lowest BCUT2D eigenvalue weighted by molar-refractivity contribution is 0.0938. The zero-order chi connectivity index (χ0) is 12.3. The molecule has 1 heterocycles. The van der Waals surface area contributed by atoms with Gasteiger partial charge in [0, 0.05) is 6.54 Å². The molecule has 88 valence electrons. The summed E-state index contributed by atoms with van der Waals surface area (Å²) in [5.41, 5.74) is 10.4. The van der Waals surface area contributed by atoms with Gasteiger partial charge in [-0.1, -0.05) is 0 Å². The van der Waals surface area contributed by atoms with E-state index in [4.69, 9.17) is 11.5 Å². The standard InChI is InChI=1S/C10H16N4O2/c1-10(2,16)5-14-9-7(8(12)15)3-6(11)4-13-9/h3-4,16H,5,11H2,1-2H3,(H2,12,15)(H,13,14). The molecule has 1 amide bonds. The summed E-state index contributed by atoms with van der Waals surface area (Å²) in [4.78, 5) is 15.1. The maximum atomic E-state index is 11.1. The third-order valence-electron chi connectivity index (χ3n) is 1.86. The van der Waals surface area contributed by atoms with E-state index in [1.54, 1.807) is 13.8 Å². The topological polar surface area (TPSA) is 114 Å². The van der Waals surface area contributed by atoms with Gasteiger partial charge in [0.15, 0.2) is 0 Å². The SMILES string of the molecule is CC(C)(O)CNc1ncc(N)cc1C(N)=O. The van der Waals surface area contributed by atoms with Crippen molar-refractivity contribution in [3.63, 3.8) is 0 Å². The molecule has 0 saturated carbocycles. The zero-order valence-corrected chi connectivity index (χ0v) is 9.32. The molecule has 6 heteroatoms. The second kappa shape index (κ2) is 4.36. The van der Waals surface area contributed by atoms with Crippen LogP contribution < -0.4 is 16.8 Å². The van der Waals surface area contributed by atoms with Gasteiger partial charge in [0.25, 0.3) is 5.91 Å².